The van der Waals surface area contributed by atoms with E-state index in [0.717, 1.165) is 12.0 Å². The second-order valence-corrected chi connectivity index (χ2v) is 8.71. The van der Waals surface area contributed by atoms with E-state index >= 15 is 0 Å². The molecule has 4 rings (SSSR count). The molecule has 0 aliphatic rings. The first-order chi connectivity index (χ1) is 15.2. The van der Waals surface area contributed by atoms with Gasteiger partial charge < -0.3 is 14.0 Å². The zero-order valence-electron chi connectivity index (χ0n) is 17.3. The first-order valence-corrected chi connectivity index (χ1v) is 10.7. The number of aliphatic carboxylic acids is 1. The molecule has 0 spiro atoms. The summed E-state index contributed by atoms with van der Waals surface area (Å²) in [6.07, 6.45) is 4.39. The minimum absolute atomic E-state index is 0.0272. The standard InChI is InChI=1S/C22H19Cl2FN4O3/c1-11(2)5-12-6-16(24)21-26-18(10-29(21)9-12)22-27-20(28-32-22)14-8-17(25)13(7-15(14)23)3-4-19(30)31/h6-11H,3-5H2,1-2H3,(H,30,31). The van der Waals surface area contributed by atoms with Gasteiger partial charge >= 0.3 is 5.97 Å². The van der Waals surface area contributed by atoms with Crippen molar-refractivity contribution in [2.45, 2.75) is 33.1 Å². The van der Waals surface area contributed by atoms with Gasteiger partial charge in [-0.3, -0.25) is 4.79 Å². The number of hydrogen-bond acceptors (Lipinski definition) is 5. The van der Waals surface area contributed by atoms with Gasteiger partial charge in [-0.15, -0.1) is 0 Å². The molecule has 4 aromatic rings. The molecule has 0 saturated carbocycles. The Morgan fingerprint density at radius 2 is 1.97 bits per heavy atom. The molecule has 7 nitrogen and oxygen atoms in total. The summed E-state index contributed by atoms with van der Waals surface area (Å²) in [4.78, 5) is 19.5. The Morgan fingerprint density at radius 1 is 1.19 bits per heavy atom. The number of aromatic nitrogens is 4. The quantitative estimate of drug-likeness (QED) is 0.366. The molecular weight excluding hydrogens is 458 g/mol. The van der Waals surface area contributed by atoms with Crippen molar-refractivity contribution >= 4 is 34.8 Å². The fourth-order valence-electron chi connectivity index (χ4n) is 3.43. The maximum atomic E-state index is 14.4. The third-order valence-corrected chi connectivity index (χ3v) is 5.43. The number of rotatable bonds is 7. The van der Waals surface area contributed by atoms with Crippen molar-refractivity contribution in [3.05, 3.63) is 57.6 Å². The van der Waals surface area contributed by atoms with Gasteiger partial charge in [0.05, 0.1) is 10.0 Å². The van der Waals surface area contributed by atoms with Gasteiger partial charge in [0.15, 0.2) is 5.65 Å². The Hall–Kier alpha value is -2.97. The fraction of sp³-hybridized carbons (Fsp3) is 0.273. The molecule has 1 N–H and O–H groups in total. The molecule has 10 heteroatoms. The van der Waals surface area contributed by atoms with Crippen molar-refractivity contribution < 1.29 is 18.8 Å². The minimum atomic E-state index is -1.02. The normalized spacial score (nSPS) is 11.6. The summed E-state index contributed by atoms with van der Waals surface area (Å²) in [6.45, 7) is 4.26. The molecule has 1 aromatic carbocycles. The molecule has 0 aliphatic carbocycles. The second-order valence-electron chi connectivity index (χ2n) is 7.89. The van der Waals surface area contributed by atoms with Crippen LogP contribution in [0.25, 0.3) is 28.6 Å². The highest BCUT2D eigenvalue weighted by atomic mass is 35.5. The van der Waals surface area contributed by atoms with E-state index in [0.29, 0.717) is 22.3 Å². The van der Waals surface area contributed by atoms with E-state index in [1.54, 1.807) is 6.20 Å². The van der Waals surface area contributed by atoms with Gasteiger partial charge in [0, 0.05) is 24.4 Å². The van der Waals surface area contributed by atoms with Crippen molar-refractivity contribution in [2.24, 2.45) is 5.92 Å². The largest absolute Gasteiger partial charge is 0.481 e. The fourth-order valence-corrected chi connectivity index (χ4v) is 3.98. The molecular formula is C22H19Cl2FN4O3. The number of nitrogens with zero attached hydrogens (tertiary/aromatic N) is 4. The van der Waals surface area contributed by atoms with E-state index in [4.69, 9.17) is 32.8 Å². The van der Waals surface area contributed by atoms with E-state index < -0.39 is 11.8 Å². The number of pyridine rings is 1. The first kappa shape index (κ1) is 22.2. The summed E-state index contributed by atoms with van der Waals surface area (Å²) in [5.74, 6) is -0.898. The number of carboxylic acid groups (broad SMARTS) is 1. The van der Waals surface area contributed by atoms with Gasteiger partial charge in [0.25, 0.3) is 5.89 Å². The highest BCUT2D eigenvalue weighted by molar-refractivity contribution is 6.33. The van der Waals surface area contributed by atoms with Crippen LogP contribution in [0.3, 0.4) is 0 Å². The smallest absolute Gasteiger partial charge is 0.303 e. The van der Waals surface area contributed by atoms with Crippen LogP contribution < -0.4 is 0 Å². The van der Waals surface area contributed by atoms with Crippen LogP contribution in [0.4, 0.5) is 4.39 Å². The van der Waals surface area contributed by atoms with Crippen LogP contribution in [0.2, 0.25) is 10.0 Å². The summed E-state index contributed by atoms with van der Waals surface area (Å²) in [5, 5.41) is 13.4. The van der Waals surface area contributed by atoms with Gasteiger partial charge in [-0.1, -0.05) is 42.2 Å². The van der Waals surface area contributed by atoms with Crippen molar-refractivity contribution in [1.29, 1.82) is 0 Å². The molecule has 0 amide bonds. The highest BCUT2D eigenvalue weighted by Crippen LogP contribution is 2.31. The van der Waals surface area contributed by atoms with Crippen LogP contribution in [0.15, 0.2) is 35.1 Å². The zero-order chi connectivity index (χ0) is 23.0. The SMILES string of the molecule is CC(C)Cc1cc(Cl)c2nc(-c3nc(-c4cc(F)c(CCC(=O)O)cc4Cl)no3)cn2c1. The molecule has 166 valence electrons. The lowest BCUT2D eigenvalue weighted by Gasteiger charge is -2.06. The van der Waals surface area contributed by atoms with Gasteiger partial charge in [-0.25, -0.2) is 9.37 Å². The number of fused-ring (bicyclic) bond motifs is 1. The predicted octanol–water partition coefficient (Wildman–Crippen LogP) is 5.71. The summed E-state index contributed by atoms with van der Waals surface area (Å²) >= 11 is 12.7. The van der Waals surface area contributed by atoms with E-state index in [9.17, 15) is 9.18 Å². The Balaban J connectivity index is 1.65. The van der Waals surface area contributed by atoms with Crippen molar-refractivity contribution in [3.63, 3.8) is 0 Å². The van der Waals surface area contributed by atoms with Crippen LogP contribution in [-0.4, -0.2) is 30.6 Å². The summed E-state index contributed by atoms with van der Waals surface area (Å²) in [5.41, 5.74) is 2.50. The molecule has 0 aliphatic heterocycles. The third kappa shape index (κ3) is 4.61. The Kier molecular flexibility index (Phi) is 6.17. The van der Waals surface area contributed by atoms with Gasteiger partial charge in [-0.2, -0.15) is 4.98 Å². The average molecular weight is 477 g/mol. The highest BCUT2D eigenvalue weighted by Gasteiger charge is 2.19. The summed E-state index contributed by atoms with van der Waals surface area (Å²) in [6, 6.07) is 4.44. The van der Waals surface area contributed by atoms with Gasteiger partial charge in [0.2, 0.25) is 5.82 Å². The molecule has 0 atom stereocenters. The molecule has 0 fully saturated rings. The Labute approximate surface area is 192 Å². The molecule has 3 heterocycles. The zero-order valence-corrected chi connectivity index (χ0v) is 18.8. The minimum Gasteiger partial charge on any atom is -0.481 e. The number of aryl methyl sites for hydroxylation is 1. The molecule has 0 bridgehead atoms. The number of imidazole rings is 1. The molecule has 0 saturated heterocycles. The number of halogens is 3. The maximum absolute atomic E-state index is 14.4. The van der Waals surface area contributed by atoms with Crippen LogP contribution in [0.1, 0.15) is 31.4 Å². The maximum Gasteiger partial charge on any atom is 0.303 e. The molecule has 0 radical (unpaired) electrons. The van der Waals surface area contributed by atoms with E-state index in [1.165, 1.54) is 12.1 Å². The Morgan fingerprint density at radius 3 is 2.69 bits per heavy atom. The number of carboxylic acids is 1. The van der Waals surface area contributed by atoms with Gasteiger partial charge in [0.1, 0.15) is 11.5 Å². The number of hydrogen-bond donors (Lipinski definition) is 1. The second kappa shape index (κ2) is 8.88. The monoisotopic (exact) mass is 476 g/mol. The lowest BCUT2D eigenvalue weighted by Crippen LogP contribution is -2.00. The Bertz CT molecular complexity index is 1320. The summed E-state index contributed by atoms with van der Waals surface area (Å²) < 4.78 is 21.6. The topological polar surface area (TPSA) is 93.5 Å². The average Bonchev–Trinajstić information content (AvgIpc) is 3.35. The molecule has 32 heavy (non-hydrogen) atoms. The van der Waals surface area contributed by atoms with Crippen molar-refractivity contribution in [3.8, 4) is 23.0 Å². The number of benzene rings is 1. The molecule has 3 aromatic heterocycles. The van der Waals surface area contributed by atoms with Gasteiger partial charge in [-0.05, 0) is 48.1 Å². The van der Waals surface area contributed by atoms with Crippen molar-refractivity contribution in [2.75, 3.05) is 0 Å². The van der Waals surface area contributed by atoms with Crippen LogP contribution in [-0.2, 0) is 17.6 Å². The summed E-state index contributed by atoms with van der Waals surface area (Å²) in [7, 11) is 0. The lowest BCUT2D eigenvalue weighted by atomic mass is 10.1. The van der Waals surface area contributed by atoms with E-state index in [-0.39, 0.29) is 40.7 Å². The predicted molar refractivity (Wildman–Crippen MR) is 118 cm³/mol. The van der Waals surface area contributed by atoms with E-state index in [1.807, 2.05) is 16.7 Å². The van der Waals surface area contributed by atoms with Crippen molar-refractivity contribution in [1.82, 2.24) is 19.5 Å². The van der Waals surface area contributed by atoms with Crippen LogP contribution in [0.5, 0.6) is 0 Å². The van der Waals surface area contributed by atoms with Crippen LogP contribution in [0, 0.1) is 11.7 Å². The molecule has 0 unspecified atom stereocenters. The number of carbonyl (C=O) groups is 1. The first-order valence-electron chi connectivity index (χ1n) is 9.92. The van der Waals surface area contributed by atoms with E-state index in [2.05, 4.69) is 29.0 Å². The lowest BCUT2D eigenvalue weighted by molar-refractivity contribution is -0.136. The van der Waals surface area contributed by atoms with Crippen LogP contribution >= 0.6 is 23.2 Å². The third-order valence-electron chi connectivity index (χ3n) is 4.84.